The third kappa shape index (κ3) is 7.78. The Morgan fingerprint density at radius 1 is 1.46 bits per heavy atom. The Bertz CT molecular complexity index is 194. The van der Waals surface area contributed by atoms with Crippen molar-refractivity contribution in [2.24, 2.45) is 0 Å². The van der Waals surface area contributed by atoms with Gasteiger partial charge in [0.25, 0.3) is 5.17 Å². The molecule has 0 unspecified atom stereocenters. The molecule has 0 heterocycles. The van der Waals surface area contributed by atoms with Gasteiger partial charge in [-0.05, 0) is 52.9 Å². The van der Waals surface area contributed by atoms with Gasteiger partial charge in [-0.3, -0.25) is 0 Å². The molecule has 2 nitrogen and oxygen atoms in total. The van der Waals surface area contributed by atoms with Gasteiger partial charge in [0, 0.05) is 5.54 Å². The Morgan fingerprint density at radius 3 is 2.38 bits per heavy atom. The smallest absolute Gasteiger partial charge is 0.257 e. The monoisotopic (exact) mass is 201 g/mol. The van der Waals surface area contributed by atoms with Gasteiger partial charge in [0.05, 0.1) is 0 Å². The fraction of sp³-hybridized carbons (Fsp3) is 0.700. The van der Waals surface area contributed by atoms with E-state index in [-0.39, 0.29) is 11.6 Å². The van der Waals surface area contributed by atoms with Crippen LogP contribution in [0.15, 0.2) is 12.2 Å². The lowest BCUT2D eigenvalue weighted by molar-refractivity contribution is 0.241. The molecule has 0 aliphatic carbocycles. The van der Waals surface area contributed by atoms with Crippen LogP contribution in [-0.4, -0.2) is 16.8 Å². The lowest BCUT2D eigenvalue weighted by Crippen LogP contribution is -2.41. The topological polar surface area (TPSA) is 21.3 Å². The molecule has 0 amide bonds. The molecule has 76 valence electrons. The average molecular weight is 201 g/mol. The SMILES string of the molecule is C/C=C/[C@@H](C)OC(=S)NC(C)(C)C. The van der Waals surface area contributed by atoms with Crippen molar-refractivity contribution in [3.63, 3.8) is 0 Å². The molecule has 3 heteroatoms. The van der Waals surface area contributed by atoms with Gasteiger partial charge in [-0.2, -0.15) is 0 Å². The van der Waals surface area contributed by atoms with Gasteiger partial charge in [0.2, 0.25) is 0 Å². The molecule has 0 saturated carbocycles. The van der Waals surface area contributed by atoms with Gasteiger partial charge in [0.15, 0.2) is 0 Å². The molecule has 0 aromatic rings. The normalized spacial score (nSPS) is 14.2. The maximum Gasteiger partial charge on any atom is 0.257 e. The number of ether oxygens (including phenoxy) is 1. The van der Waals surface area contributed by atoms with Gasteiger partial charge in [0.1, 0.15) is 6.10 Å². The van der Waals surface area contributed by atoms with Crippen molar-refractivity contribution in [1.82, 2.24) is 5.32 Å². The van der Waals surface area contributed by atoms with E-state index in [0.29, 0.717) is 5.17 Å². The molecule has 0 fully saturated rings. The van der Waals surface area contributed by atoms with Crippen molar-refractivity contribution < 1.29 is 4.74 Å². The number of rotatable bonds is 2. The minimum atomic E-state index is -0.0350. The zero-order valence-corrected chi connectivity index (χ0v) is 9.87. The molecule has 1 atom stereocenters. The van der Waals surface area contributed by atoms with Crippen LogP contribution in [0.25, 0.3) is 0 Å². The van der Waals surface area contributed by atoms with Crippen LogP contribution in [0.3, 0.4) is 0 Å². The Balaban J connectivity index is 3.88. The van der Waals surface area contributed by atoms with E-state index in [4.69, 9.17) is 17.0 Å². The molecule has 0 aliphatic heterocycles. The Labute approximate surface area is 86.4 Å². The maximum atomic E-state index is 5.40. The third-order valence-electron chi connectivity index (χ3n) is 1.23. The van der Waals surface area contributed by atoms with E-state index in [1.165, 1.54) is 0 Å². The molecular formula is C10H19NOS. The summed E-state index contributed by atoms with van der Waals surface area (Å²) in [5, 5.41) is 3.54. The first-order valence-corrected chi connectivity index (χ1v) is 4.87. The highest BCUT2D eigenvalue weighted by atomic mass is 32.1. The number of thiocarbonyl (C=S) groups is 1. The summed E-state index contributed by atoms with van der Waals surface area (Å²) in [6, 6.07) is 0. The minimum absolute atomic E-state index is 0.0346. The van der Waals surface area contributed by atoms with Crippen LogP contribution in [0.4, 0.5) is 0 Å². The summed E-state index contributed by atoms with van der Waals surface area (Å²) >= 11 is 5.03. The predicted molar refractivity (Wildman–Crippen MR) is 60.8 cm³/mol. The van der Waals surface area contributed by atoms with Crippen LogP contribution in [0, 0.1) is 0 Å². The van der Waals surface area contributed by atoms with E-state index in [0.717, 1.165) is 0 Å². The average Bonchev–Trinajstić information content (AvgIpc) is 1.81. The summed E-state index contributed by atoms with van der Waals surface area (Å²) in [5.41, 5.74) is -0.0350. The van der Waals surface area contributed by atoms with Crippen molar-refractivity contribution in [1.29, 1.82) is 0 Å². The van der Waals surface area contributed by atoms with Gasteiger partial charge < -0.3 is 10.1 Å². The lowest BCUT2D eigenvalue weighted by Gasteiger charge is -2.23. The summed E-state index contributed by atoms with van der Waals surface area (Å²) < 4.78 is 5.40. The molecule has 0 aromatic heterocycles. The molecule has 0 aliphatic rings. The first kappa shape index (κ1) is 12.4. The molecule has 0 spiro atoms. The first-order chi connectivity index (χ1) is 5.85. The van der Waals surface area contributed by atoms with Crippen molar-refractivity contribution in [3.8, 4) is 0 Å². The molecule has 13 heavy (non-hydrogen) atoms. The number of nitrogens with one attached hydrogen (secondary N) is 1. The van der Waals surface area contributed by atoms with Crippen LogP contribution in [0.5, 0.6) is 0 Å². The highest BCUT2D eigenvalue weighted by molar-refractivity contribution is 7.80. The molecule has 0 bridgehead atoms. The van der Waals surface area contributed by atoms with Crippen LogP contribution < -0.4 is 5.32 Å². The van der Waals surface area contributed by atoms with E-state index >= 15 is 0 Å². The van der Waals surface area contributed by atoms with Crippen LogP contribution in [0.1, 0.15) is 34.6 Å². The second-order valence-corrected chi connectivity index (χ2v) is 4.38. The summed E-state index contributed by atoms with van der Waals surface area (Å²) in [6.45, 7) is 10.0. The summed E-state index contributed by atoms with van der Waals surface area (Å²) in [7, 11) is 0. The van der Waals surface area contributed by atoms with Crippen molar-refractivity contribution in [2.75, 3.05) is 0 Å². The first-order valence-electron chi connectivity index (χ1n) is 4.47. The number of hydrogen-bond acceptors (Lipinski definition) is 2. The van der Waals surface area contributed by atoms with E-state index in [1.54, 1.807) is 0 Å². The molecule has 1 N–H and O–H groups in total. The Morgan fingerprint density at radius 2 is 2.00 bits per heavy atom. The summed E-state index contributed by atoms with van der Waals surface area (Å²) in [4.78, 5) is 0. The van der Waals surface area contributed by atoms with E-state index in [9.17, 15) is 0 Å². The molecular weight excluding hydrogens is 182 g/mol. The zero-order valence-electron chi connectivity index (χ0n) is 9.05. The van der Waals surface area contributed by atoms with Crippen LogP contribution in [-0.2, 0) is 4.74 Å². The van der Waals surface area contributed by atoms with Crippen molar-refractivity contribution in [3.05, 3.63) is 12.2 Å². The zero-order chi connectivity index (χ0) is 10.5. The highest BCUT2D eigenvalue weighted by Crippen LogP contribution is 2.01. The second-order valence-electron chi connectivity index (χ2n) is 4.01. The second kappa shape index (κ2) is 5.22. The summed E-state index contributed by atoms with van der Waals surface area (Å²) in [5.74, 6) is 0. The third-order valence-corrected chi connectivity index (χ3v) is 1.43. The molecule has 0 aromatic carbocycles. The molecule has 0 saturated heterocycles. The Kier molecular flexibility index (Phi) is 4.99. The molecule has 0 radical (unpaired) electrons. The molecule has 0 rings (SSSR count). The Hall–Kier alpha value is -0.570. The standard InChI is InChI=1S/C10H19NOS/c1-6-7-8(2)12-9(13)11-10(3,4)5/h6-8H,1-5H3,(H,11,13)/b7-6+/t8-/m1/s1. The quantitative estimate of drug-likeness (QED) is 0.548. The predicted octanol–water partition coefficient (Wildman–Crippen LogP) is 2.64. The van der Waals surface area contributed by atoms with Crippen molar-refractivity contribution >= 4 is 17.4 Å². The fourth-order valence-electron chi connectivity index (χ4n) is 0.815. The fourth-order valence-corrected chi connectivity index (χ4v) is 1.27. The van der Waals surface area contributed by atoms with Crippen molar-refractivity contribution in [2.45, 2.75) is 46.3 Å². The van der Waals surface area contributed by atoms with Crippen LogP contribution >= 0.6 is 12.2 Å². The number of hydrogen-bond donors (Lipinski definition) is 1. The van der Waals surface area contributed by atoms with Gasteiger partial charge in [-0.1, -0.05) is 6.08 Å². The van der Waals surface area contributed by atoms with Gasteiger partial charge in [-0.25, -0.2) is 0 Å². The lowest BCUT2D eigenvalue weighted by atomic mass is 10.1. The van der Waals surface area contributed by atoms with E-state index in [2.05, 4.69) is 5.32 Å². The minimum Gasteiger partial charge on any atom is -0.464 e. The summed E-state index contributed by atoms with van der Waals surface area (Å²) in [6.07, 6.45) is 3.94. The van der Waals surface area contributed by atoms with E-state index in [1.807, 2.05) is 46.8 Å². The maximum absolute atomic E-state index is 5.40. The van der Waals surface area contributed by atoms with Gasteiger partial charge in [-0.15, -0.1) is 0 Å². The van der Waals surface area contributed by atoms with E-state index < -0.39 is 0 Å². The number of allylic oxidation sites excluding steroid dienone is 1. The highest BCUT2D eigenvalue weighted by Gasteiger charge is 2.12. The van der Waals surface area contributed by atoms with Crippen LogP contribution in [0.2, 0.25) is 0 Å². The van der Waals surface area contributed by atoms with Gasteiger partial charge >= 0.3 is 0 Å². The largest absolute Gasteiger partial charge is 0.464 e.